The van der Waals surface area contributed by atoms with Crippen molar-refractivity contribution in [2.45, 2.75) is 45.6 Å². The number of carbonyl (C=O) groups is 1. The second kappa shape index (κ2) is 8.42. The molecule has 0 aliphatic carbocycles. The number of rotatable bonds is 4. The Balaban J connectivity index is 1.72. The van der Waals surface area contributed by atoms with Gasteiger partial charge in [-0.1, -0.05) is 69.0 Å². The molecule has 0 spiro atoms. The monoisotopic (exact) mass is 466 g/mol. The lowest BCUT2D eigenvalue weighted by Crippen LogP contribution is -2.47. The summed E-state index contributed by atoms with van der Waals surface area (Å²) in [7, 11) is 0. The first kappa shape index (κ1) is 22.9. The maximum atomic E-state index is 13.6. The summed E-state index contributed by atoms with van der Waals surface area (Å²) in [6.45, 7) is 10.9. The van der Waals surface area contributed by atoms with E-state index in [1.54, 1.807) is 6.08 Å². The third kappa shape index (κ3) is 3.63. The first-order valence-corrected chi connectivity index (χ1v) is 12.0. The van der Waals surface area contributed by atoms with Crippen LogP contribution in [0.4, 0.5) is 5.69 Å². The second-order valence-electron chi connectivity index (χ2n) is 9.94. The zero-order valence-corrected chi connectivity index (χ0v) is 20.5. The van der Waals surface area contributed by atoms with E-state index in [-0.39, 0.29) is 40.0 Å². The molecule has 0 unspecified atom stereocenters. The number of nitrogens with zero attached hydrogens (tertiary/aromatic N) is 2. The quantitative estimate of drug-likeness (QED) is 0.597. The molecule has 3 aromatic rings. The highest BCUT2D eigenvalue weighted by Crippen LogP contribution is 2.50. The van der Waals surface area contributed by atoms with Gasteiger partial charge in [0.1, 0.15) is 0 Å². The number of hydrogen-bond donors (Lipinski definition) is 1. The number of carbonyl (C=O) groups excluding carboxylic acids is 1. The molecule has 1 N–H and O–H groups in total. The highest BCUT2D eigenvalue weighted by atomic mass is 16.3. The summed E-state index contributed by atoms with van der Waals surface area (Å²) in [6.07, 6.45) is 5.91. The van der Waals surface area contributed by atoms with Gasteiger partial charge in [0.2, 0.25) is 5.88 Å². The molecule has 0 atom stereocenters. The Hall–Kier alpha value is -3.86. The Labute approximate surface area is 205 Å². The summed E-state index contributed by atoms with van der Waals surface area (Å²) in [5.74, 6) is -0.665. The number of allylic oxidation sites excluding steroid dienone is 2. The van der Waals surface area contributed by atoms with Gasteiger partial charge in [-0.25, -0.2) is 0 Å². The maximum absolute atomic E-state index is 13.6. The Morgan fingerprint density at radius 3 is 2.57 bits per heavy atom. The second-order valence-corrected chi connectivity index (χ2v) is 9.94. The molecule has 3 heterocycles. The lowest BCUT2D eigenvalue weighted by Gasteiger charge is -2.30. The van der Waals surface area contributed by atoms with Crippen LogP contribution >= 0.6 is 0 Å². The molecule has 2 aliphatic heterocycles. The molecule has 2 aromatic carbocycles. The minimum Gasteiger partial charge on any atom is -0.494 e. The Bertz CT molecular complexity index is 1550. The van der Waals surface area contributed by atoms with Crippen molar-refractivity contribution >= 4 is 24.1 Å². The molecule has 0 saturated carbocycles. The van der Waals surface area contributed by atoms with E-state index in [1.165, 1.54) is 28.3 Å². The summed E-state index contributed by atoms with van der Waals surface area (Å²) in [4.78, 5) is 28.4. The Kier molecular flexibility index (Phi) is 5.51. The summed E-state index contributed by atoms with van der Waals surface area (Å²) < 4.78 is 1.26. The Morgan fingerprint density at radius 2 is 1.86 bits per heavy atom. The van der Waals surface area contributed by atoms with Crippen LogP contribution in [0.15, 0.2) is 65.1 Å². The van der Waals surface area contributed by atoms with Crippen LogP contribution in [0.1, 0.15) is 54.2 Å². The number of para-hydroxylation sites is 1. The first-order valence-electron chi connectivity index (χ1n) is 12.0. The molecule has 5 rings (SSSR count). The first-order chi connectivity index (χ1) is 16.7. The minimum atomic E-state index is -0.370. The van der Waals surface area contributed by atoms with Crippen molar-refractivity contribution in [1.82, 2.24) is 4.57 Å². The molecule has 2 aliphatic rings. The van der Waals surface area contributed by atoms with Gasteiger partial charge in [-0.15, -0.1) is 0 Å². The summed E-state index contributed by atoms with van der Waals surface area (Å²) in [6, 6.07) is 15.9. The van der Waals surface area contributed by atoms with E-state index in [0.29, 0.717) is 5.22 Å². The largest absolute Gasteiger partial charge is 0.494 e. The normalized spacial score (nSPS) is 17.6. The van der Waals surface area contributed by atoms with E-state index in [2.05, 4.69) is 43.5 Å². The molecular formula is C30H30N2O3. The zero-order chi connectivity index (χ0) is 24.9. The van der Waals surface area contributed by atoms with E-state index >= 15 is 0 Å². The summed E-state index contributed by atoms with van der Waals surface area (Å²) >= 11 is 0. The molecule has 0 fully saturated rings. The van der Waals surface area contributed by atoms with Gasteiger partial charge in [0.25, 0.3) is 5.56 Å². The van der Waals surface area contributed by atoms with Crippen LogP contribution in [-0.4, -0.2) is 22.0 Å². The van der Waals surface area contributed by atoms with Crippen molar-refractivity contribution < 1.29 is 9.90 Å². The van der Waals surface area contributed by atoms with Crippen molar-refractivity contribution in [2.75, 3.05) is 11.4 Å². The van der Waals surface area contributed by atoms with Crippen molar-refractivity contribution in [3.63, 3.8) is 0 Å². The minimum absolute atomic E-state index is 0.0828. The average Bonchev–Trinajstić information content (AvgIpc) is 3.05. The predicted octanol–water partition coefficient (Wildman–Crippen LogP) is 3.62. The van der Waals surface area contributed by atoms with Crippen LogP contribution in [0.2, 0.25) is 0 Å². The van der Waals surface area contributed by atoms with Crippen LogP contribution in [0.3, 0.4) is 0 Å². The fraction of sp³-hybridized carbons (Fsp3) is 0.267. The number of Topliss-reactive ketones (excluding diaryl/α,β-unsaturated/α-hetero) is 1. The van der Waals surface area contributed by atoms with Gasteiger partial charge in [-0.05, 0) is 53.8 Å². The highest BCUT2D eigenvalue weighted by molar-refractivity contribution is 5.96. The zero-order valence-electron chi connectivity index (χ0n) is 20.5. The molecule has 0 radical (unpaired) electrons. The number of aryl methyl sites for hydroxylation is 1. The van der Waals surface area contributed by atoms with Crippen molar-refractivity contribution in [3.8, 4) is 5.88 Å². The van der Waals surface area contributed by atoms with Gasteiger partial charge in [-0.3, -0.25) is 14.2 Å². The molecule has 0 amide bonds. The van der Waals surface area contributed by atoms with Gasteiger partial charge in [0.15, 0.2) is 5.78 Å². The number of aromatic hydroxyl groups is 1. The van der Waals surface area contributed by atoms with Crippen molar-refractivity contribution in [2.24, 2.45) is 0 Å². The molecule has 35 heavy (non-hydrogen) atoms. The third-order valence-corrected chi connectivity index (χ3v) is 7.35. The van der Waals surface area contributed by atoms with Crippen LogP contribution in [-0.2, 0) is 18.4 Å². The van der Waals surface area contributed by atoms with Gasteiger partial charge in [0, 0.05) is 28.6 Å². The smallest absolute Gasteiger partial charge is 0.261 e. The summed E-state index contributed by atoms with van der Waals surface area (Å²) in [5.41, 5.74) is 5.40. The molecular weight excluding hydrogens is 436 g/mol. The van der Waals surface area contributed by atoms with Crippen LogP contribution < -0.4 is 20.9 Å². The van der Waals surface area contributed by atoms with E-state index in [9.17, 15) is 14.7 Å². The lowest BCUT2D eigenvalue weighted by atomic mass is 9.83. The van der Waals surface area contributed by atoms with Crippen LogP contribution in [0.5, 0.6) is 5.88 Å². The average molecular weight is 467 g/mol. The van der Waals surface area contributed by atoms with E-state index < -0.39 is 0 Å². The van der Waals surface area contributed by atoms with Gasteiger partial charge in [0.05, 0.1) is 12.1 Å². The number of hydrogen-bond acceptors (Lipinski definition) is 4. The van der Waals surface area contributed by atoms with Crippen LogP contribution in [0, 0.1) is 0 Å². The van der Waals surface area contributed by atoms with Crippen LogP contribution in [0.25, 0.3) is 12.7 Å². The number of aromatic nitrogens is 1. The number of pyridine rings is 1. The SMILES string of the molecule is C=c1c(C(C)=O)c(O)n(Cc2ccccc2)c(=O)/c1=C\C=C1\N2CCCc3cccc(c32)C1(C)C. The molecule has 0 saturated heterocycles. The van der Waals surface area contributed by atoms with E-state index in [1.807, 2.05) is 36.4 Å². The number of ketones is 1. The Morgan fingerprint density at radius 1 is 1.11 bits per heavy atom. The topological polar surface area (TPSA) is 62.5 Å². The number of anilines is 1. The molecule has 5 nitrogen and oxygen atoms in total. The fourth-order valence-electron chi connectivity index (χ4n) is 5.56. The van der Waals surface area contributed by atoms with Crippen molar-refractivity contribution in [1.29, 1.82) is 0 Å². The van der Waals surface area contributed by atoms with Gasteiger partial charge < -0.3 is 10.0 Å². The van der Waals surface area contributed by atoms with Gasteiger partial charge in [-0.2, -0.15) is 0 Å². The molecule has 5 heteroatoms. The number of benzene rings is 2. The predicted molar refractivity (Wildman–Crippen MR) is 140 cm³/mol. The highest BCUT2D eigenvalue weighted by Gasteiger charge is 2.41. The summed E-state index contributed by atoms with van der Waals surface area (Å²) in [5, 5.41) is 11.4. The standard InChI is InChI=1S/C30H30N2O3/c1-19-23(28(34)32(29(35)26(19)20(2)33)18-21-10-6-5-7-11-21)15-16-25-30(3,4)24-14-8-12-22-13-9-17-31(25)27(22)24/h5-8,10-12,14-16,35H,1,9,13,17-18H2,2-4H3/b23-15-,25-16+. The third-order valence-electron chi connectivity index (χ3n) is 7.35. The van der Waals surface area contributed by atoms with Crippen molar-refractivity contribution in [3.05, 3.63) is 103 Å². The molecule has 1 aromatic heterocycles. The van der Waals surface area contributed by atoms with Gasteiger partial charge >= 0.3 is 0 Å². The van der Waals surface area contributed by atoms with E-state index in [0.717, 1.165) is 30.6 Å². The fourth-order valence-corrected chi connectivity index (χ4v) is 5.56. The molecule has 0 bridgehead atoms. The molecule has 178 valence electrons. The van der Waals surface area contributed by atoms with E-state index in [4.69, 9.17) is 0 Å². The lowest BCUT2D eigenvalue weighted by molar-refractivity contribution is 0.101. The maximum Gasteiger partial charge on any atom is 0.261 e.